The van der Waals surface area contributed by atoms with Crippen LogP contribution in [0.5, 0.6) is 0 Å². The molecule has 0 aliphatic heterocycles. The molecule has 18 heavy (non-hydrogen) atoms. The molecule has 0 saturated carbocycles. The number of pyridine rings is 1. The minimum atomic E-state index is -0.257. The number of carbonyl (C=O) groups is 1. The van der Waals surface area contributed by atoms with Gasteiger partial charge in [-0.25, -0.2) is 0 Å². The molecule has 0 aliphatic carbocycles. The van der Waals surface area contributed by atoms with Crippen LogP contribution >= 0.6 is 27.5 Å². The number of nitrogens with zero attached hydrogens (tertiary/aromatic N) is 1. The molecular formula is C13H10BrClN2O. The zero-order valence-corrected chi connectivity index (χ0v) is 11.9. The Hall–Kier alpha value is -1.39. The van der Waals surface area contributed by atoms with Crippen LogP contribution in [0.25, 0.3) is 0 Å². The highest BCUT2D eigenvalue weighted by atomic mass is 79.9. The molecule has 5 heteroatoms. The molecular weight excluding hydrogens is 316 g/mol. The van der Waals surface area contributed by atoms with E-state index in [4.69, 9.17) is 11.6 Å². The second-order valence-corrected chi connectivity index (χ2v) is 5.09. The van der Waals surface area contributed by atoms with Crippen molar-refractivity contribution in [3.63, 3.8) is 0 Å². The summed E-state index contributed by atoms with van der Waals surface area (Å²) < 4.78 is 0.805. The quantitative estimate of drug-likeness (QED) is 0.905. The Morgan fingerprint density at radius 2 is 2.11 bits per heavy atom. The van der Waals surface area contributed by atoms with Gasteiger partial charge in [0.1, 0.15) is 0 Å². The van der Waals surface area contributed by atoms with Crippen LogP contribution < -0.4 is 5.32 Å². The fourth-order valence-corrected chi connectivity index (χ4v) is 1.98. The first-order chi connectivity index (χ1) is 8.56. The SMILES string of the molecule is Cc1ccc(NC(=O)c2cc(Br)ccc2Cl)cn1. The summed E-state index contributed by atoms with van der Waals surface area (Å²) in [5, 5.41) is 3.16. The third-order valence-electron chi connectivity index (χ3n) is 2.34. The van der Waals surface area contributed by atoms with E-state index < -0.39 is 0 Å². The third-order valence-corrected chi connectivity index (χ3v) is 3.17. The monoisotopic (exact) mass is 324 g/mol. The predicted octanol–water partition coefficient (Wildman–Crippen LogP) is 4.06. The Labute approximate surface area is 118 Å². The van der Waals surface area contributed by atoms with Gasteiger partial charge in [-0.15, -0.1) is 0 Å². The van der Waals surface area contributed by atoms with Gasteiger partial charge in [0.05, 0.1) is 22.5 Å². The largest absolute Gasteiger partial charge is 0.321 e. The molecule has 0 saturated heterocycles. The van der Waals surface area contributed by atoms with Crippen LogP contribution in [0.15, 0.2) is 41.0 Å². The predicted molar refractivity (Wildman–Crippen MR) is 76.1 cm³/mol. The molecule has 1 amide bonds. The lowest BCUT2D eigenvalue weighted by Gasteiger charge is -2.07. The molecule has 1 N–H and O–H groups in total. The topological polar surface area (TPSA) is 42.0 Å². The summed E-state index contributed by atoms with van der Waals surface area (Å²) >= 11 is 9.29. The molecule has 0 atom stereocenters. The van der Waals surface area contributed by atoms with E-state index in [-0.39, 0.29) is 5.91 Å². The Kier molecular flexibility index (Phi) is 3.99. The van der Waals surface area contributed by atoms with Crippen LogP contribution in [0.2, 0.25) is 5.02 Å². The number of hydrogen-bond acceptors (Lipinski definition) is 2. The maximum absolute atomic E-state index is 12.0. The van der Waals surface area contributed by atoms with Gasteiger partial charge in [-0.1, -0.05) is 27.5 Å². The minimum absolute atomic E-state index is 0.257. The third kappa shape index (κ3) is 3.09. The highest BCUT2D eigenvalue weighted by molar-refractivity contribution is 9.10. The second-order valence-electron chi connectivity index (χ2n) is 3.77. The number of amides is 1. The summed E-state index contributed by atoms with van der Waals surface area (Å²) in [6.45, 7) is 1.89. The average Bonchev–Trinajstić information content (AvgIpc) is 2.35. The summed E-state index contributed by atoms with van der Waals surface area (Å²) in [4.78, 5) is 16.1. The number of carbonyl (C=O) groups excluding carboxylic acids is 1. The maximum atomic E-state index is 12.0. The number of anilines is 1. The van der Waals surface area contributed by atoms with E-state index in [2.05, 4.69) is 26.2 Å². The van der Waals surface area contributed by atoms with Crippen LogP contribution in [0.1, 0.15) is 16.1 Å². The highest BCUT2D eigenvalue weighted by Crippen LogP contribution is 2.22. The van der Waals surface area contributed by atoms with Gasteiger partial charge in [0.25, 0.3) is 5.91 Å². The molecule has 2 rings (SSSR count). The average molecular weight is 326 g/mol. The summed E-state index contributed by atoms with van der Waals surface area (Å²) in [7, 11) is 0. The Balaban J connectivity index is 2.21. The highest BCUT2D eigenvalue weighted by Gasteiger charge is 2.11. The van der Waals surface area contributed by atoms with E-state index in [0.717, 1.165) is 10.2 Å². The molecule has 0 fully saturated rings. The smallest absolute Gasteiger partial charge is 0.257 e. The molecule has 0 aliphatic rings. The fraction of sp³-hybridized carbons (Fsp3) is 0.0769. The molecule has 0 spiro atoms. The van der Waals surface area contributed by atoms with Gasteiger partial charge in [-0.3, -0.25) is 9.78 Å². The van der Waals surface area contributed by atoms with Gasteiger partial charge < -0.3 is 5.32 Å². The van der Waals surface area contributed by atoms with Crippen LogP contribution in [-0.2, 0) is 0 Å². The van der Waals surface area contributed by atoms with Crippen molar-refractivity contribution < 1.29 is 4.79 Å². The van der Waals surface area contributed by atoms with Crippen LogP contribution in [-0.4, -0.2) is 10.9 Å². The number of aromatic nitrogens is 1. The fourth-order valence-electron chi connectivity index (χ4n) is 1.41. The van der Waals surface area contributed by atoms with Crippen molar-refractivity contribution in [3.8, 4) is 0 Å². The van der Waals surface area contributed by atoms with Gasteiger partial charge in [-0.05, 0) is 37.3 Å². The number of benzene rings is 1. The zero-order chi connectivity index (χ0) is 13.1. The van der Waals surface area contributed by atoms with Crippen LogP contribution in [0.3, 0.4) is 0 Å². The molecule has 2 aromatic rings. The van der Waals surface area contributed by atoms with Gasteiger partial charge in [-0.2, -0.15) is 0 Å². The molecule has 1 aromatic carbocycles. The number of nitrogens with one attached hydrogen (secondary N) is 1. The Morgan fingerprint density at radius 3 is 2.78 bits per heavy atom. The van der Waals surface area contributed by atoms with Crippen LogP contribution in [0, 0.1) is 6.92 Å². The number of halogens is 2. The molecule has 92 valence electrons. The Morgan fingerprint density at radius 1 is 1.33 bits per heavy atom. The number of hydrogen-bond donors (Lipinski definition) is 1. The second kappa shape index (κ2) is 5.50. The van der Waals surface area contributed by atoms with Gasteiger partial charge in [0.2, 0.25) is 0 Å². The first kappa shape index (κ1) is 13.1. The first-order valence-corrected chi connectivity index (χ1v) is 6.42. The lowest BCUT2D eigenvalue weighted by molar-refractivity contribution is 0.102. The van der Waals surface area contributed by atoms with E-state index in [9.17, 15) is 4.79 Å². The van der Waals surface area contributed by atoms with Crippen molar-refractivity contribution in [1.29, 1.82) is 0 Å². The van der Waals surface area contributed by atoms with Gasteiger partial charge in [0, 0.05) is 10.2 Å². The number of rotatable bonds is 2. The van der Waals surface area contributed by atoms with E-state index in [1.165, 1.54) is 0 Å². The lowest BCUT2D eigenvalue weighted by Crippen LogP contribution is -2.12. The van der Waals surface area contributed by atoms with Gasteiger partial charge in [0.15, 0.2) is 0 Å². The standard InChI is InChI=1S/C13H10BrClN2O/c1-8-2-4-10(7-16-8)17-13(18)11-6-9(14)3-5-12(11)15/h2-7H,1H3,(H,17,18). The molecule has 3 nitrogen and oxygen atoms in total. The van der Waals surface area contributed by atoms with Crippen molar-refractivity contribution in [1.82, 2.24) is 4.98 Å². The van der Waals surface area contributed by atoms with E-state index in [1.807, 2.05) is 13.0 Å². The molecule has 0 unspecified atom stereocenters. The van der Waals surface area contributed by atoms with E-state index >= 15 is 0 Å². The Bertz CT molecular complexity index is 584. The van der Waals surface area contributed by atoms with Crippen molar-refractivity contribution >= 4 is 39.1 Å². The lowest BCUT2D eigenvalue weighted by atomic mass is 10.2. The van der Waals surface area contributed by atoms with E-state index in [0.29, 0.717) is 16.3 Å². The van der Waals surface area contributed by atoms with Crippen molar-refractivity contribution in [2.75, 3.05) is 5.32 Å². The van der Waals surface area contributed by atoms with Gasteiger partial charge >= 0.3 is 0 Å². The molecule has 0 bridgehead atoms. The summed E-state index contributed by atoms with van der Waals surface area (Å²) in [6.07, 6.45) is 1.61. The van der Waals surface area contributed by atoms with Crippen LogP contribution in [0.4, 0.5) is 5.69 Å². The summed E-state index contributed by atoms with van der Waals surface area (Å²) in [5.74, 6) is -0.257. The normalized spacial score (nSPS) is 10.2. The number of aryl methyl sites for hydroxylation is 1. The summed E-state index contributed by atoms with van der Waals surface area (Å²) in [5.41, 5.74) is 1.96. The van der Waals surface area contributed by atoms with Crippen molar-refractivity contribution in [2.24, 2.45) is 0 Å². The van der Waals surface area contributed by atoms with Crippen molar-refractivity contribution in [3.05, 3.63) is 57.3 Å². The molecule has 0 radical (unpaired) electrons. The molecule has 1 heterocycles. The maximum Gasteiger partial charge on any atom is 0.257 e. The summed E-state index contributed by atoms with van der Waals surface area (Å²) in [6, 6.07) is 8.77. The zero-order valence-electron chi connectivity index (χ0n) is 9.58. The molecule has 1 aromatic heterocycles. The van der Waals surface area contributed by atoms with Crippen molar-refractivity contribution in [2.45, 2.75) is 6.92 Å². The minimum Gasteiger partial charge on any atom is -0.321 e. The van der Waals surface area contributed by atoms with E-state index in [1.54, 1.807) is 30.5 Å². The first-order valence-electron chi connectivity index (χ1n) is 5.25.